The molecule has 0 saturated carbocycles. The maximum Gasteiger partial charge on any atom is 0.494 e. The van der Waals surface area contributed by atoms with Crippen molar-refractivity contribution in [2.45, 2.75) is 55.9 Å². The van der Waals surface area contributed by atoms with Crippen molar-refractivity contribution in [3.8, 4) is 0 Å². The van der Waals surface area contributed by atoms with E-state index in [2.05, 4.69) is 4.98 Å². The monoisotopic (exact) mass is 395 g/mol. The summed E-state index contributed by atoms with van der Waals surface area (Å²) in [5, 5.41) is 0.554. The largest absolute Gasteiger partial charge is 0.494 e. The molecule has 1 aromatic carbocycles. The fraction of sp³-hybridized carbons (Fsp3) is 0.421. The molecule has 1 aliphatic heterocycles. The zero-order chi connectivity index (χ0) is 19.9. The first-order valence-corrected chi connectivity index (χ1v) is 9.57. The summed E-state index contributed by atoms with van der Waals surface area (Å²) in [5.41, 5.74) is 0.469. The number of nitrogens with zero attached hydrogens (tertiary/aromatic N) is 1. The molecule has 0 N–H and O–H groups in total. The smallest absolute Gasteiger partial charge is 0.399 e. The van der Waals surface area contributed by atoms with Crippen LogP contribution in [0.25, 0.3) is 0 Å². The van der Waals surface area contributed by atoms with E-state index in [4.69, 9.17) is 9.31 Å². The lowest BCUT2D eigenvalue weighted by Gasteiger charge is -2.32. The maximum atomic E-state index is 12.6. The normalized spacial score (nSPS) is 18.7. The Morgan fingerprint density at radius 1 is 0.963 bits per heavy atom. The average molecular weight is 395 g/mol. The van der Waals surface area contributed by atoms with Crippen LogP contribution in [0.2, 0.25) is 0 Å². The summed E-state index contributed by atoms with van der Waals surface area (Å²) in [7, 11) is -0.409. The van der Waals surface area contributed by atoms with Crippen molar-refractivity contribution in [3.05, 3.63) is 53.7 Å². The van der Waals surface area contributed by atoms with Crippen LogP contribution >= 0.6 is 11.8 Å². The fourth-order valence-corrected chi connectivity index (χ4v) is 3.34. The Hall–Kier alpha value is -1.51. The molecule has 0 radical (unpaired) electrons. The molecule has 0 aliphatic carbocycles. The third kappa shape index (κ3) is 4.50. The van der Waals surface area contributed by atoms with Gasteiger partial charge in [-0.2, -0.15) is 13.2 Å². The molecule has 0 amide bonds. The van der Waals surface area contributed by atoms with Gasteiger partial charge < -0.3 is 9.31 Å². The first-order chi connectivity index (χ1) is 12.5. The highest BCUT2D eigenvalue weighted by Gasteiger charge is 2.51. The predicted octanol–water partition coefficient (Wildman–Crippen LogP) is 4.69. The number of aromatic nitrogens is 1. The molecule has 0 spiro atoms. The molecule has 1 fully saturated rings. The average Bonchev–Trinajstić information content (AvgIpc) is 2.81. The molecule has 3 rings (SSSR count). The van der Waals surface area contributed by atoms with Gasteiger partial charge in [0.15, 0.2) is 0 Å². The van der Waals surface area contributed by atoms with Crippen molar-refractivity contribution in [3.63, 3.8) is 0 Å². The van der Waals surface area contributed by atoms with Gasteiger partial charge in [-0.05, 0) is 50.9 Å². The van der Waals surface area contributed by atoms with Gasteiger partial charge in [-0.15, -0.1) is 11.8 Å². The lowest BCUT2D eigenvalue weighted by Crippen LogP contribution is -2.41. The minimum Gasteiger partial charge on any atom is -0.399 e. The second-order valence-electron chi connectivity index (χ2n) is 7.50. The molecule has 2 heterocycles. The number of hydrogen-bond acceptors (Lipinski definition) is 4. The SMILES string of the molecule is CC1(C)OB(c2ccc(CSc3ccc(C(F)(F)F)cn3)cc2)OC1(C)C. The highest BCUT2D eigenvalue weighted by atomic mass is 32.2. The van der Waals surface area contributed by atoms with Crippen LogP contribution < -0.4 is 5.46 Å². The first kappa shape index (κ1) is 20.2. The summed E-state index contributed by atoms with van der Waals surface area (Å²) in [5.74, 6) is 0.613. The minimum absolute atomic E-state index is 0.388. The zero-order valence-corrected chi connectivity index (χ0v) is 16.4. The van der Waals surface area contributed by atoms with E-state index < -0.39 is 18.9 Å². The first-order valence-electron chi connectivity index (χ1n) is 8.58. The van der Waals surface area contributed by atoms with Gasteiger partial charge in [-0.1, -0.05) is 24.3 Å². The molecule has 0 unspecified atom stereocenters. The van der Waals surface area contributed by atoms with Crippen LogP contribution in [0.15, 0.2) is 47.6 Å². The third-order valence-corrected chi connectivity index (χ3v) is 5.97. The van der Waals surface area contributed by atoms with E-state index in [-0.39, 0.29) is 11.2 Å². The Bertz CT molecular complexity index is 776. The van der Waals surface area contributed by atoms with Crippen molar-refractivity contribution < 1.29 is 22.5 Å². The van der Waals surface area contributed by atoms with Gasteiger partial charge in [0.2, 0.25) is 0 Å². The molecule has 144 valence electrons. The third-order valence-electron chi connectivity index (χ3n) is 4.96. The Balaban J connectivity index is 1.60. The molecule has 27 heavy (non-hydrogen) atoms. The van der Waals surface area contributed by atoms with E-state index in [0.29, 0.717) is 10.8 Å². The van der Waals surface area contributed by atoms with E-state index in [0.717, 1.165) is 23.3 Å². The molecule has 2 aromatic rings. The van der Waals surface area contributed by atoms with Gasteiger partial charge in [0.1, 0.15) is 0 Å². The Labute approximate surface area is 161 Å². The van der Waals surface area contributed by atoms with Crippen LogP contribution in [0.1, 0.15) is 38.8 Å². The molecule has 1 saturated heterocycles. The Morgan fingerprint density at radius 2 is 1.56 bits per heavy atom. The molecule has 0 bridgehead atoms. The van der Waals surface area contributed by atoms with Crippen molar-refractivity contribution in [1.82, 2.24) is 4.98 Å². The van der Waals surface area contributed by atoms with E-state index in [1.165, 1.54) is 17.8 Å². The molecule has 1 aromatic heterocycles. The molecule has 1 aliphatic rings. The summed E-state index contributed by atoms with van der Waals surface area (Å²) in [6.07, 6.45) is -3.50. The lowest BCUT2D eigenvalue weighted by atomic mass is 9.79. The highest BCUT2D eigenvalue weighted by Crippen LogP contribution is 2.36. The lowest BCUT2D eigenvalue weighted by molar-refractivity contribution is -0.137. The molecule has 3 nitrogen and oxygen atoms in total. The summed E-state index contributed by atoms with van der Waals surface area (Å²) in [6, 6.07) is 10.3. The maximum absolute atomic E-state index is 12.6. The van der Waals surface area contributed by atoms with E-state index in [1.54, 1.807) is 0 Å². The van der Waals surface area contributed by atoms with Gasteiger partial charge in [-0.25, -0.2) is 4.98 Å². The highest BCUT2D eigenvalue weighted by molar-refractivity contribution is 7.98. The van der Waals surface area contributed by atoms with Gasteiger partial charge in [-0.3, -0.25) is 0 Å². The second kappa shape index (κ2) is 7.15. The van der Waals surface area contributed by atoms with Crippen LogP contribution in [0.4, 0.5) is 13.2 Å². The Kier molecular flexibility index (Phi) is 5.36. The summed E-state index contributed by atoms with van der Waals surface area (Å²) in [6.45, 7) is 8.04. The summed E-state index contributed by atoms with van der Waals surface area (Å²) >= 11 is 1.39. The second-order valence-corrected chi connectivity index (χ2v) is 8.50. The fourth-order valence-electron chi connectivity index (χ4n) is 2.54. The number of thioether (sulfide) groups is 1. The van der Waals surface area contributed by atoms with Crippen molar-refractivity contribution in [2.24, 2.45) is 0 Å². The number of alkyl halides is 3. The van der Waals surface area contributed by atoms with Crippen molar-refractivity contribution in [1.29, 1.82) is 0 Å². The number of halogens is 3. The van der Waals surface area contributed by atoms with E-state index in [9.17, 15) is 13.2 Å². The van der Waals surface area contributed by atoms with Crippen LogP contribution in [0, 0.1) is 0 Å². The summed E-state index contributed by atoms with van der Waals surface area (Å²) < 4.78 is 49.8. The number of hydrogen-bond donors (Lipinski definition) is 0. The van der Waals surface area contributed by atoms with Gasteiger partial charge in [0.05, 0.1) is 21.8 Å². The van der Waals surface area contributed by atoms with Gasteiger partial charge in [0.25, 0.3) is 0 Å². The predicted molar refractivity (Wildman–Crippen MR) is 101 cm³/mol. The van der Waals surface area contributed by atoms with Crippen LogP contribution in [-0.2, 0) is 21.2 Å². The van der Waals surface area contributed by atoms with Crippen molar-refractivity contribution in [2.75, 3.05) is 0 Å². The van der Waals surface area contributed by atoms with Crippen molar-refractivity contribution >= 4 is 24.3 Å². The van der Waals surface area contributed by atoms with Crippen LogP contribution in [0.3, 0.4) is 0 Å². The Morgan fingerprint density at radius 3 is 2.04 bits per heavy atom. The number of benzene rings is 1. The van der Waals surface area contributed by atoms with E-state index >= 15 is 0 Å². The minimum atomic E-state index is -4.36. The number of pyridine rings is 1. The molecule has 0 atom stereocenters. The van der Waals surface area contributed by atoms with Crippen LogP contribution in [0.5, 0.6) is 0 Å². The zero-order valence-electron chi connectivity index (χ0n) is 15.6. The topological polar surface area (TPSA) is 31.4 Å². The summed E-state index contributed by atoms with van der Waals surface area (Å²) in [4.78, 5) is 3.88. The standard InChI is InChI=1S/C19H21BF3NO2S/c1-17(2)18(3,4)26-20(25-17)15-8-5-13(6-9-15)12-27-16-10-7-14(11-24-16)19(21,22)23/h5-11H,12H2,1-4H3. The van der Waals surface area contributed by atoms with Crippen LogP contribution in [-0.4, -0.2) is 23.3 Å². The van der Waals surface area contributed by atoms with E-state index in [1.807, 2.05) is 52.0 Å². The van der Waals surface area contributed by atoms with Gasteiger partial charge in [0, 0.05) is 11.9 Å². The molecule has 8 heteroatoms. The van der Waals surface area contributed by atoms with Gasteiger partial charge >= 0.3 is 13.3 Å². The number of rotatable bonds is 4. The molecular formula is C19H21BF3NO2S. The molecular weight excluding hydrogens is 374 g/mol. The quantitative estimate of drug-likeness (QED) is 0.555.